The third-order valence-electron chi connectivity index (χ3n) is 3.97. The molecule has 22 heavy (non-hydrogen) atoms. The summed E-state index contributed by atoms with van der Waals surface area (Å²) in [6.07, 6.45) is -0.429. The van der Waals surface area contributed by atoms with E-state index in [0.29, 0.717) is 5.02 Å². The third kappa shape index (κ3) is 2.39. The molecule has 0 N–H and O–H groups in total. The molecule has 2 aromatic rings. The Kier molecular flexibility index (Phi) is 3.89. The fourth-order valence-electron chi connectivity index (χ4n) is 2.59. The van der Waals surface area contributed by atoms with Crippen LogP contribution in [0.1, 0.15) is 18.6 Å². The van der Waals surface area contributed by atoms with Gasteiger partial charge in [0.05, 0.1) is 11.1 Å². The molecule has 0 bridgehead atoms. The van der Waals surface area contributed by atoms with E-state index in [1.54, 1.807) is 19.2 Å². The Labute approximate surface area is 135 Å². The first-order valence-corrected chi connectivity index (χ1v) is 8.73. The summed E-state index contributed by atoms with van der Waals surface area (Å²) in [7, 11) is -2.08. The Balaban J connectivity index is 2.21. The van der Waals surface area contributed by atoms with Gasteiger partial charge in [0.2, 0.25) is 10.0 Å². The van der Waals surface area contributed by atoms with E-state index in [-0.39, 0.29) is 16.7 Å². The SMILES string of the molecule is C[C@@H]1[C@@H](c2ccccc2)Oc2c(Cl)cccc2S(=O)(=O)N1C. The molecule has 0 unspecified atom stereocenters. The van der Waals surface area contributed by atoms with Gasteiger partial charge in [-0.15, -0.1) is 0 Å². The van der Waals surface area contributed by atoms with Crippen LogP contribution in [0.25, 0.3) is 0 Å². The van der Waals surface area contributed by atoms with Gasteiger partial charge in [0.25, 0.3) is 0 Å². The Morgan fingerprint density at radius 3 is 2.45 bits per heavy atom. The highest BCUT2D eigenvalue weighted by Gasteiger charge is 2.39. The van der Waals surface area contributed by atoms with E-state index in [2.05, 4.69) is 0 Å². The fourth-order valence-corrected chi connectivity index (χ4v) is 4.36. The maximum absolute atomic E-state index is 12.8. The molecule has 1 aliphatic rings. The third-order valence-corrected chi connectivity index (χ3v) is 6.24. The summed E-state index contributed by atoms with van der Waals surface area (Å²) in [5, 5.41) is 0.296. The van der Waals surface area contributed by atoms with E-state index in [1.165, 1.54) is 10.4 Å². The number of para-hydroxylation sites is 1. The number of sulfonamides is 1. The largest absolute Gasteiger partial charge is 0.481 e. The van der Waals surface area contributed by atoms with Gasteiger partial charge in [0.1, 0.15) is 11.0 Å². The molecule has 2 aromatic carbocycles. The zero-order valence-corrected chi connectivity index (χ0v) is 13.8. The number of hydrogen-bond donors (Lipinski definition) is 0. The number of halogens is 1. The Morgan fingerprint density at radius 2 is 1.77 bits per heavy atom. The van der Waals surface area contributed by atoms with Crippen LogP contribution >= 0.6 is 11.6 Å². The summed E-state index contributed by atoms with van der Waals surface area (Å²) >= 11 is 6.18. The summed E-state index contributed by atoms with van der Waals surface area (Å²) in [5.74, 6) is 0.217. The summed E-state index contributed by atoms with van der Waals surface area (Å²) in [5.41, 5.74) is 0.907. The Morgan fingerprint density at radius 1 is 1.09 bits per heavy atom. The minimum atomic E-state index is -3.65. The van der Waals surface area contributed by atoms with E-state index < -0.39 is 16.1 Å². The highest BCUT2D eigenvalue weighted by atomic mass is 35.5. The predicted molar refractivity (Wildman–Crippen MR) is 85.7 cm³/mol. The summed E-state index contributed by atoms with van der Waals surface area (Å²) in [6, 6.07) is 14.0. The molecule has 1 heterocycles. The Hall–Kier alpha value is -1.56. The molecule has 0 radical (unpaired) electrons. The quantitative estimate of drug-likeness (QED) is 0.800. The summed E-state index contributed by atoms with van der Waals surface area (Å²) in [6.45, 7) is 1.83. The molecule has 0 spiro atoms. The van der Waals surface area contributed by atoms with Gasteiger partial charge in [-0.25, -0.2) is 8.42 Å². The zero-order valence-electron chi connectivity index (χ0n) is 12.2. The lowest BCUT2D eigenvalue weighted by molar-refractivity contribution is 0.137. The van der Waals surface area contributed by atoms with Gasteiger partial charge in [-0.2, -0.15) is 4.31 Å². The molecule has 0 fully saturated rings. The average Bonchev–Trinajstić information content (AvgIpc) is 2.59. The lowest BCUT2D eigenvalue weighted by Crippen LogP contribution is -2.38. The van der Waals surface area contributed by atoms with E-state index in [1.807, 2.05) is 37.3 Å². The number of rotatable bonds is 1. The monoisotopic (exact) mass is 337 g/mol. The van der Waals surface area contributed by atoms with Crippen molar-refractivity contribution in [2.45, 2.75) is 24.0 Å². The first-order valence-electron chi connectivity index (χ1n) is 6.91. The van der Waals surface area contributed by atoms with Crippen LogP contribution in [0.2, 0.25) is 5.02 Å². The van der Waals surface area contributed by atoms with Gasteiger partial charge in [-0.1, -0.05) is 48.0 Å². The molecule has 0 amide bonds. The van der Waals surface area contributed by atoms with Crippen LogP contribution in [-0.2, 0) is 10.0 Å². The number of nitrogens with zero attached hydrogens (tertiary/aromatic N) is 1. The first-order chi connectivity index (χ1) is 10.4. The standard InChI is InChI=1S/C16H16ClNO3S/c1-11-15(12-7-4-3-5-8-12)21-16-13(17)9-6-10-14(16)22(19,20)18(11)2/h3-11,15H,1-2H3/t11-,15+/m1/s1. The van der Waals surface area contributed by atoms with Crippen molar-refractivity contribution in [3.63, 3.8) is 0 Å². The van der Waals surface area contributed by atoms with Crippen molar-refractivity contribution in [3.8, 4) is 5.75 Å². The smallest absolute Gasteiger partial charge is 0.246 e. The summed E-state index contributed by atoms with van der Waals surface area (Å²) in [4.78, 5) is 0.104. The van der Waals surface area contributed by atoms with Gasteiger partial charge in [-0.05, 0) is 24.6 Å². The van der Waals surface area contributed by atoms with Crippen molar-refractivity contribution in [2.24, 2.45) is 0 Å². The molecule has 1 aliphatic heterocycles. The van der Waals surface area contributed by atoms with E-state index in [9.17, 15) is 8.42 Å². The van der Waals surface area contributed by atoms with Gasteiger partial charge >= 0.3 is 0 Å². The number of hydrogen-bond acceptors (Lipinski definition) is 3. The van der Waals surface area contributed by atoms with Crippen molar-refractivity contribution in [1.82, 2.24) is 4.31 Å². The van der Waals surface area contributed by atoms with Crippen molar-refractivity contribution < 1.29 is 13.2 Å². The lowest BCUT2D eigenvalue weighted by atomic mass is 10.0. The molecule has 0 aliphatic carbocycles. The number of likely N-dealkylation sites (N-methyl/N-ethyl adjacent to an activating group) is 1. The summed E-state index contributed by atoms with van der Waals surface area (Å²) < 4.78 is 32.9. The second-order valence-electron chi connectivity index (χ2n) is 5.28. The van der Waals surface area contributed by atoms with Crippen LogP contribution < -0.4 is 4.74 Å². The predicted octanol–water partition coefficient (Wildman–Crippen LogP) is 3.48. The molecule has 116 valence electrons. The van der Waals surface area contributed by atoms with Gasteiger partial charge in [0.15, 0.2) is 5.75 Å². The van der Waals surface area contributed by atoms with Crippen molar-refractivity contribution in [3.05, 3.63) is 59.1 Å². The molecule has 0 aromatic heterocycles. The molecule has 0 saturated carbocycles. The van der Waals surface area contributed by atoms with Crippen molar-refractivity contribution in [1.29, 1.82) is 0 Å². The molecule has 3 rings (SSSR count). The molecule has 0 saturated heterocycles. The first kappa shape index (κ1) is 15.3. The number of fused-ring (bicyclic) bond motifs is 1. The highest BCUT2D eigenvalue weighted by molar-refractivity contribution is 7.89. The van der Waals surface area contributed by atoms with E-state index in [4.69, 9.17) is 16.3 Å². The second kappa shape index (κ2) is 5.57. The molecular weight excluding hydrogens is 322 g/mol. The normalized spacial score (nSPS) is 24.1. The average molecular weight is 338 g/mol. The highest BCUT2D eigenvalue weighted by Crippen LogP contribution is 2.41. The number of ether oxygens (including phenoxy) is 1. The minimum Gasteiger partial charge on any atom is -0.481 e. The minimum absolute atomic E-state index is 0.104. The van der Waals surface area contributed by atoms with Crippen molar-refractivity contribution >= 4 is 21.6 Å². The lowest BCUT2D eigenvalue weighted by Gasteiger charge is -2.27. The maximum atomic E-state index is 12.8. The van der Waals surface area contributed by atoms with Crippen LogP contribution in [-0.4, -0.2) is 25.8 Å². The van der Waals surface area contributed by atoms with Gasteiger partial charge in [-0.3, -0.25) is 0 Å². The maximum Gasteiger partial charge on any atom is 0.246 e. The van der Waals surface area contributed by atoms with Crippen molar-refractivity contribution in [2.75, 3.05) is 7.05 Å². The second-order valence-corrected chi connectivity index (χ2v) is 7.65. The molecular formula is C16H16ClNO3S. The molecule has 2 atom stereocenters. The van der Waals surface area contributed by atoms with E-state index in [0.717, 1.165) is 5.56 Å². The van der Waals surface area contributed by atoms with Crippen LogP contribution in [0.3, 0.4) is 0 Å². The molecule has 4 nitrogen and oxygen atoms in total. The van der Waals surface area contributed by atoms with Crippen LogP contribution in [0.15, 0.2) is 53.4 Å². The topological polar surface area (TPSA) is 46.6 Å². The van der Waals surface area contributed by atoms with Crippen LogP contribution in [0, 0.1) is 0 Å². The van der Waals surface area contributed by atoms with Gasteiger partial charge in [0, 0.05) is 7.05 Å². The molecule has 6 heteroatoms. The van der Waals surface area contributed by atoms with Gasteiger partial charge < -0.3 is 4.74 Å². The van der Waals surface area contributed by atoms with Crippen LogP contribution in [0.5, 0.6) is 5.75 Å². The number of benzene rings is 2. The Bertz CT molecular complexity index is 792. The zero-order chi connectivity index (χ0) is 15.9. The van der Waals surface area contributed by atoms with Crippen LogP contribution in [0.4, 0.5) is 0 Å². The van der Waals surface area contributed by atoms with E-state index >= 15 is 0 Å². The fraction of sp³-hybridized carbons (Fsp3) is 0.250.